The van der Waals surface area contributed by atoms with E-state index in [9.17, 15) is 10.1 Å². The van der Waals surface area contributed by atoms with Gasteiger partial charge in [-0.3, -0.25) is 4.79 Å². The lowest BCUT2D eigenvalue weighted by Gasteiger charge is -2.47. The number of nitrogens with zero attached hydrogens (tertiary/aromatic N) is 2. The summed E-state index contributed by atoms with van der Waals surface area (Å²) < 4.78 is 0. The fourth-order valence-electron chi connectivity index (χ4n) is 5.45. The second kappa shape index (κ2) is 9.38. The quantitative estimate of drug-likeness (QED) is 0.362. The molecule has 2 aromatic carbocycles. The van der Waals surface area contributed by atoms with Crippen LogP contribution >= 0.6 is 0 Å². The Bertz CT molecular complexity index is 1290. The Kier molecular flexibility index (Phi) is 6.52. The van der Waals surface area contributed by atoms with Crippen molar-refractivity contribution in [2.45, 2.75) is 58.9 Å². The summed E-state index contributed by atoms with van der Waals surface area (Å²) >= 11 is 0. The van der Waals surface area contributed by atoms with Gasteiger partial charge < -0.3 is 15.2 Å². The van der Waals surface area contributed by atoms with Crippen LogP contribution in [0.1, 0.15) is 62.3 Å². The number of fused-ring (bicyclic) bond motifs is 2. The van der Waals surface area contributed by atoms with Crippen molar-refractivity contribution in [2.24, 2.45) is 0 Å². The van der Waals surface area contributed by atoms with E-state index in [-0.39, 0.29) is 17.0 Å². The van der Waals surface area contributed by atoms with Gasteiger partial charge in [0.15, 0.2) is 0 Å². The Balaban J connectivity index is 1.52. The highest BCUT2D eigenvalue weighted by Crippen LogP contribution is 2.44. The summed E-state index contributed by atoms with van der Waals surface area (Å²) in [6.45, 7) is 12.5. The lowest BCUT2D eigenvalue weighted by atomic mass is 9.79. The number of benzene rings is 2. The van der Waals surface area contributed by atoms with E-state index in [2.05, 4.69) is 74.1 Å². The summed E-state index contributed by atoms with van der Waals surface area (Å²) in [4.78, 5) is 18.5. The Labute approximate surface area is 202 Å². The molecule has 2 N–H and O–H groups in total. The van der Waals surface area contributed by atoms with Crippen LogP contribution in [-0.2, 0) is 11.2 Å². The number of rotatable bonds is 6. The van der Waals surface area contributed by atoms with E-state index in [1.54, 1.807) is 6.08 Å². The highest BCUT2D eigenvalue weighted by molar-refractivity contribution is 6.02. The Morgan fingerprint density at radius 3 is 2.82 bits per heavy atom. The number of hydrogen-bond acceptors (Lipinski definition) is 3. The maximum atomic E-state index is 12.8. The predicted molar refractivity (Wildman–Crippen MR) is 140 cm³/mol. The molecule has 1 aliphatic rings. The van der Waals surface area contributed by atoms with E-state index in [0.29, 0.717) is 18.9 Å². The Hall–Kier alpha value is -3.52. The number of aromatic nitrogens is 1. The van der Waals surface area contributed by atoms with Crippen LogP contribution in [0.2, 0.25) is 0 Å². The summed E-state index contributed by atoms with van der Waals surface area (Å²) in [5.74, 6) is 0.0833. The molecule has 0 spiro atoms. The Morgan fingerprint density at radius 2 is 2.09 bits per heavy atom. The van der Waals surface area contributed by atoms with Crippen LogP contribution in [0.5, 0.6) is 0 Å². The van der Waals surface area contributed by atoms with Crippen molar-refractivity contribution in [1.82, 2.24) is 10.3 Å². The molecule has 1 aromatic heterocycles. The number of aromatic amines is 1. The average molecular weight is 455 g/mol. The summed E-state index contributed by atoms with van der Waals surface area (Å²) in [7, 11) is 0. The van der Waals surface area contributed by atoms with Gasteiger partial charge in [0.2, 0.25) is 0 Å². The van der Waals surface area contributed by atoms with Gasteiger partial charge in [-0.25, -0.2) is 0 Å². The number of H-pyrrole nitrogens is 1. The van der Waals surface area contributed by atoms with Crippen LogP contribution in [0.25, 0.3) is 17.0 Å². The van der Waals surface area contributed by atoms with E-state index in [1.807, 2.05) is 24.4 Å². The molecule has 34 heavy (non-hydrogen) atoms. The number of carbonyl (C=O) groups is 1. The second-order valence-electron chi connectivity index (χ2n) is 9.96. The molecule has 4 rings (SSSR count). The van der Waals surface area contributed by atoms with Crippen molar-refractivity contribution in [3.05, 3.63) is 70.4 Å². The van der Waals surface area contributed by atoms with E-state index < -0.39 is 0 Å². The number of amides is 1. The van der Waals surface area contributed by atoms with Crippen LogP contribution in [0.4, 0.5) is 5.69 Å². The second-order valence-corrected chi connectivity index (χ2v) is 9.96. The van der Waals surface area contributed by atoms with E-state index in [4.69, 9.17) is 0 Å². The molecule has 176 valence electrons. The molecule has 0 aliphatic carbocycles. The molecule has 0 saturated heterocycles. The first-order valence-corrected chi connectivity index (χ1v) is 12.1. The van der Waals surface area contributed by atoms with Crippen LogP contribution in [0, 0.1) is 18.3 Å². The first kappa shape index (κ1) is 23.6. The molecule has 0 bridgehead atoms. The van der Waals surface area contributed by atoms with Gasteiger partial charge in [-0.1, -0.05) is 25.1 Å². The molecule has 0 radical (unpaired) electrons. The number of carbonyl (C=O) groups excluding carboxylic acids is 1. The molecule has 2 heterocycles. The number of nitriles is 1. The number of nitrogens with one attached hydrogen (secondary N) is 2. The minimum atomic E-state index is -0.330. The van der Waals surface area contributed by atoms with Crippen molar-refractivity contribution in [3.8, 4) is 6.07 Å². The fourth-order valence-corrected chi connectivity index (χ4v) is 5.45. The average Bonchev–Trinajstić information content (AvgIpc) is 3.20. The molecule has 1 amide bonds. The van der Waals surface area contributed by atoms with Crippen LogP contribution in [0.15, 0.2) is 48.2 Å². The normalized spacial score (nSPS) is 17.4. The highest BCUT2D eigenvalue weighted by atomic mass is 16.1. The van der Waals surface area contributed by atoms with Crippen molar-refractivity contribution >= 4 is 28.6 Å². The zero-order valence-electron chi connectivity index (χ0n) is 20.8. The van der Waals surface area contributed by atoms with Crippen LogP contribution in [0.3, 0.4) is 0 Å². The molecule has 5 nitrogen and oxygen atoms in total. The lowest BCUT2D eigenvalue weighted by Crippen LogP contribution is -2.48. The third kappa shape index (κ3) is 4.46. The van der Waals surface area contributed by atoms with Gasteiger partial charge in [0, 0.05) is 41.4 Å². The van der Waals surface area contributed by atoms with Crippen molar-refractivity contribution < 1.29 is 4.79 Å². The van der Waals surface area contributed by atoms with Crippen LogP contribution in [-0.4, -0.2) is 29.5 Å². The third-order valence-electron chi connectivity index (χ3n) is 7.11. The van der Waals surface area contributed by atoms with E-state index in [1.165, 1.54) is 11.3 Å². The maximum absolute atomic E-state index is 12.8. The van der Waals surface area contributed by atoms with Gasteiger partial charge in [0.25, 0.3) is 5.91 Å². The maximum Gasteiger partial charge on any atom is 0.261 e. The largest absolute Gasteiger partial charge is 0.366 e. The number of anilines is 1. The number of hydrogen-bond donors (Lipinski definition) is 2. The smallest absolute Gasteiger partial charge is 0.261 e. The van der Waals surface area contributed by atoms with E-state index >= 15 is 0 Å². The van der Waals surface area contributed by atoms with Gasteiger partial charge in [0.1, 0.15) is 11.6 Å². The van der Waals surface area contributed by atoms with Crippen molar-refractivity contribution in [1.29, 1.82) is 5.26 Å². The molecule has 3 aromatic rings. The van der Waals surface area contributed by atoms with Crippen LogP contribution < -0.4 is 10.2 Å². The van der Waals surface area contributed by atoms with Gasteiger partial charge in [-0.2, -0.15) is 5.26 Å². The van der Waals surface area contributed by atoms with Gasteiger partial charge in [0.05, 0.1) is 0 Å². The van der Waals surface area contributed by atoms with Crippen molar-refractivity contribution in [3.63, 3.8) is 0 Å². The molecule has 1 unspecified atom stereocenters. The molecule has 5 heteroatoms. The third-order valence-corrected chi connectivity index (χ3v) is 7.11. The lowest BCUT2D eigenvalue weighted by molar-refractivity contribution is -0.117. The zero-order valence-corrected chi connectivity index (χ0v) is 20.8. The first-order chi connectivity index (χ1) is 16.2. The minimum absolute atomic E-state index is 0.105. The summed E-state index contributed by atoms with van der Waals surface area (Å²) in [6.07, 6.45) is 5.49. The minimum Gasteiger partial charge on any atom is -0.366 e. The number of aryl methyl sites for hydroxylation is 1. The fraction of sp³-hybridized carbons (Fsp3) is 0.379. The summed E-state index contributed by atoms with van der Waals surface area (Å²) in [5.41, 5.74) is 7.04. The molecular weight excluding hydrogens is 420 g/mol. The summed E-state index contributed by atoms with van der Waals surface area (Å²) in [5, 5.41) is 13.8. The first-order valence-electron chi connectivity index (χ1n) is 12.1. The molecular formula is C29H34N4O. The highest BCUT2D eigenvalue weighted by Gasteiger charge is 2.35. The topological polar surface area (TPSA) is 71.9 Å². The van der Waals surface area contributed by atoms with Gasteiger partial charge in [-0.05, 0) is 93.0 Å². The van der Waals surface area contributed by atoms with Gasteiger partial charge >= 0.3 is 0 Å². The van der Waals surface area contributed by atoms with Crippen molar-refractivity contribution in [2.75, 3.05) is 18.0 Å². The Morgan fingerprint density at radius 1 is 1.32 bits per heavy atom. The zero-order chi connectivity index (χ0) is 24.5. The van der Waals surface area contributed by atoms with E-state index in [0.717, 1.165) is 40.6 Å². The standard InChI is InChI=1S/C29H34N4O/c1-6-33-27-13-19(2)22(15-25(27)20(3)16-29(33,4)5)14-23(17-30)28(34)31-12-11-21-18-32-26-10-8-7-9-24(21)26/h7-10,13-15,18,20,32H,6,11-12,16H2,1-5H3,(H,31,34)/b23-14+. The monoisotopic (exact) mass is 454 g/mol. The molecule has 0 fully saturated rings. The molecule has 1 atom stereocenters. The SMILES string of the molecule is CCN1c2cc(C)c(/C=C(\C#N)C(=O)NCCc3c[nH]c4ccccc34)cc2C(C)CC1(C)C. The predicted octanol–water partition coefficient (Wildman–Crippen LogP) is 5.85. The molecule has 0 saturated carbocycles. The summed E-state index contributed by atoms with van der Waals surface area (Å²) in [6, 6.07) is 14.6. The van der Waals surface area contributed by atoms with Gasteiger partial charge in [-0.15, -0.1) is 0 Å². The number of para-hydroxylation sites is 1. The molecule has 1 aliphatic heterocycles.